The first-order valence-corrected chi connectivity index (χ1v) is 10.2. The van der Waals surface area contributed by atoms with E-state index in [-0.39, 0.29) is 30.6 Å². The van der Waals surface area contributed by atoms with Crippen molar-refractivity contribution in [3.05, 3.63) is 53.2 Å². The number of nitrogens with zero attached hydrogens (tertiary/aromatic N) is 1. The van der Waals surface area contributed by atoms with Crippen LogP contribution in [-0.2, 0) is 16.0 Å². The molecule has 1 unspecified atom stereocenters. The summed E-state index contributed by atoms with van der Waals surface area (Å²) in [5, 5.41) is 4.98. The lowest BCUT2D eigenvalue weighted by Gasteiger charge is -2.21. The minimum Gasteiger partial charge on any atom is -0.486 e. The van der Waals surface area contributed by atoms with Crippen LogP contribution in [0.15, 0.2) is 42.6 Å². The Hall–Kier alpha value is -2.74. The van der Waals surface area contributed by atoms with Crippen LogP contribution in [0.3, 0.4) is 0 Å². The highest BCUT2D eigenvalue weighted by molar-refractivity contribution is 6.31. The zero-order valence-electron chi connectivity index (χ0n) is 16.5. The summed E-state index contributed by atoms with van der Waals surface area (Å²) < 4.78 is 11.1. The highest BCUT2D eigenvalue weighted by Gasteiger charge is 2.39. The zero-order valence-corrected chi connectivity index (χ0v) is 18.1. The Morgan fingerprint density at radius 1 is 1.10 bits per heavy atom. The summed E-state index contributed by atoms with van der Waals surface area (Å²) in [5.74, 6) is 0.693. The second-order valence-corrected chi connectivity index (χ2v) is 7.80. The minimum atomic E-state index is -0.542. The molecule has 3 heterocycles. The molecule has 3 aromatic rings. The molecule has 0 radical (unpaired) electrons. The van der Waals surface area contributed by atoms with Crippen molar-refractivity contribution in [2.45, 2.75) is 18.9 Å². The molecule has 1 aromatic heterocycles. The predicted molar refractivity (Wildman–Crippen MR) is 121 cm³/mol. The summed E-state index contributed by atoms with van der Waals surface area (Å²) in [4.78, 5) is 29.9. The lowest BCUT2D eigenvalue weighted by molar-refractivity contribution is -0.121. The maximum absolute atomic E-state index is 12.9. The number of halogens is 2. The number of H-pyrrole nitrogens is 1. The van der Waals surface area contributed by atoms with Gasteiger partial charge in [-0.1, -0.05) is 11.6 Å². The maximum Gasteiger partial charge on any atom is 0.251 e. The first-order chi connectivity index (χ1) is 14.6. The van der Waals surface area contributed by atoms with Gasteiger partial charge in [-0.05, 0) is 42.3 Å². The van der Waals surface area contributed by atoms with Crippen LogP contribution in [0.5, 0.6) is 11.5 Å². The number of fused-ring (bicyclic) bond motifs is 2. The van der Waals surface area contributed by atoms with Gasteiger partial charge in [-0.3, -0.25) is 9.59 Å². The Morgan fingerprint density at radius 2 is 1.90 bits per heavy atom. The van der Waals surface area contributed by atoms with Crippen molar-refractivity contribution in [3.63, 3.8) is 0 Å². The summed E-state index contributed by atoms with van der Waals surface area (Å²) in [6.07, 6.45) is 2.79. The highest BCUT2D eigenvalue weighted by atomic mass is 35.5. The fourth-order valence-electron chi connectivity index (χ4n) is 3.97. The number of imide groups is 1. The molecule has 2 aliphatic rings. The van der Waals surface area contributed by atoms with Crippen LogP contribution in [0.2, 0.25) is 5.02 Å². The zero-order chi connectivity index (χ0) is 20.7. The van der Waals surface area contributed by atoms with Gasteiger partial charge in [0, 0.05) is 34.7 Å². The summed E-state index contributed by atoms with van der Waals surface area (Å²) in [6.45, 7) is 1.50. The van der Waals surface area contributed by atoms with Crippen LogP contribution in [0, 0.1) is 0 Å². The molecule has 2 N–H and O–H groups in total. The van der Waals surface area contributed by atoms with Gasteiger partial charge in [0.15, 0.2) is 11.5 Å². The van der Waals surface area contributed by atoms with Gasteiger partial charge in [0.25, 0.3) is 5.91 Å². The third-order valence-electron chi connectivity index (χ3n) is 5.45. The number of rotatable bonds is 5. The molecular formula is C22H21Cl2N3O4. The molecule has 2 aliphatic heterocycles. The molecule has 31 heavy (non-hydrogen) atoms. The number of aromatic nitrogens is 1. The smallest absolute Gasteiger partial charge is 0.251 e. The lowest BCUT2D eigenvalue weighted by Crippen LogP contribution is -2.39. The van der Waals surface area contributed by atoms with Crippen LogP contribution in [-0.4, -0.2) is 42.6 Å². The van der Waals surface area contributed by atoms with Crippen molar-refractivity contribution >= 4 is 52.4 Å². The van der Waals surface area contributed by atoms with Gasteiger partial charge < -0.3 is 19.8 Å². The van der Waals surface area contributed by atoms with E-state index in [4.69, 9.17) is 21.1 Å². The summed E-state index contributed by atoms with van der Waals surface area (Å²) >= 11 is 6.10. The van der Waals surface area contributed by atoms with Gasteiger partial charge >= 0.3 is 0 Å². The predicted octanol–water partition coefficient (Wildman–Crippen LogP) is 3.48. The molecule has 1 saturated heterocycles. The van der Waals surface area contributed by atoms with E-state index in [1.54, 1.807) is 18.2 Å². The molecule has 2 aromatic carbocycles. The molecular weight excluding hydrogens is 441 g/mol. The number of anilines is 1. The molecule has 0 saturated carbocycles. The van der Waals surface area contributed by atoms with Crippen LogP contribution in [0.4, 0.5) is 5.69 Å². The highest BCUT2D eigenvalue weighted by Crippen LogP contribution is 2.35. The number of amides is 2. The van der Waals surface area contributed by atoms with E-state index >= 15 is 0 Å². The fourth-order valence-corrected chi connectivity index (χ4v) is 4.14. The Morgan fingerprint density at radius 3 is 2.74 bits per heavy atom. The number of hydrogen-bond donors (Lipinski definition) is 2. The minimum absolute atomic E-state index is 0. The third-order valence-corrected chi connectivity index (χ3v) is 5.68. The van der Waals surface area contributed by atoms with Gasteiger partial charge in [0.05, 0.1) is 18.2 Å². The molecule has 0 bridgehead atoms. The SMILES string of the molecule is Cl.O=C1CC(NCCc2c[nH]c3ccc(Cl)cc23)C(=O)N1c1ccc2c(c1)OCCO2. The number of carbonyl (C=O) groups is 2. The van der Waals surface area contributed by atoms with Crippen LogP contribution in [0.25, 0.3) is 10.9 Å². The van der Waals surface area contributed by atoms with E-state index in [1.807, 2.05) is 24.4 Å². The van der Waals surface area contributed by atoms with Crippen molar-refractivity contribution in [1.82, 2.24) is 10.3 Å². The van der Waals surface area contributed by atoms with Crippen LogP contribution in [0.1, 0.15) is 12.0 Å². The quantitative estimate of drug-likeness (QED) is 0.568. The maximum atomic E-state index is 12.9. The second kappa shape index (κ2) is 8.78. The summed E-state index contributed by atoms with van der Waals surface area (Å²) in [5.41, 5.74) is 2.64. The Bertz CT molecular complexity index is 1150. The summed E-state index contributed by atoms with van der Waals surface area (Å²) in [7, 11) is 0. The van der Waals surface area contributed by atoms with E-state index < -0.39 is 6.04 Å². The van der Waals surface area contributed by atoms with E-state index in [0.717, 1.165) is 16.5 Å². The fraction of sp³-hybridized carbons (Fsp3) is 0.273. The number of aromatic amines is 1. The Balaban J connectivity index is 0.00000231. The molecule has 0 aliphatic carbocycles. The number of ether oxygens (including phenoxy) is 2. The molecule has 5 rings (SSSR count). The molecule has 162 valence electrons. The monoisotopic (exact) mass is 461 g/mol. The average molecular weight is 462 g/mol. The first kappa shape index (κ1) is 21.5. The number of nitrogens with one attached hydrogen (secondary N) is 2. The van der Waals surface area contributed by atoms with Gasteiger partial charge in [-0.15, -0.1) is 12.4 Å². The van der Waals surface area contributed by atoms with Crippen molar-refractivity contribution in [2.75, 3.05) is 24.7 Å². The number of carbonyl (C=O) groups excluding carboxylic acids is 2. The summed E-state index contributed by atoms with van der Waals surface area (Å²) in [6, 6.07) is 10.3. The van der Waals surface area contributed by atoms with Crippen molar-refractivity contribution < 1.29 is 19.1 Å². The number of benzene rings is 2. The second-order valence-electron chi connectivity index (χ2n) is 7.36. The largest absolute Gasteiger partial charge is 0.486 e. The number of hydrogen-bond acceptors (Lipinski definition) is 5. The Labute approximate surface area is 190 Å². The standard InChI is InChI=1S/C22H20ClN3O4.ClH/c23-14-1-3-17-16(9-14)13(12-25-17)5-6-24-18-11-21(27)26(22(18)28)15-2-4-19-20(10-15)30-8-7-29-19;/h1-4,9-10,12,18,24-25H,5-8,11H2;1H. The first-order valence-electron chi connectivity index (χ1n) is 9.85. The van der Waals surface area contributed by atoms with E-state index in [2.05, 4.69) is 10.3 Å². The normalized spacial score (nSPS) is 17.8. The average Bonchev–Trinajstić information content (AvgIpc) is 3.27. The molecule has 2 amide bonds. The van der Waals surface area contributed by atoms with Crippen LogP contribution < -0.4 is 19.7 Å². The molecule has 7 nitrogen and oxygen atoms in total. The van der Waals surface area contributed by atoms with Gasteiger partial charge in [0.2, 0.25) is 5.91 Å². The van der Waals surface area contributed by atoms with Crippen LogP contribution >= 0.6 is 24.0 Å². The van der Waals surface area contributed by atoms with E-state index in [0.29, 0.717) is 48.4 Å². The lowest BCUT2D eigenvalue weighted by atomic mass is 10.1. The molecule has 0 spiro atoms. The Kier molecular flexibility index (Phi) is 6.09. The van der Waals surface area contributed by atoms with Crippen molar-refractivity contribution in [2.24, 2.45) is 0 Å². The third kappa shape index (κ3) is 4.08. The molecule has 9 heteroatoms. The van der Waals surface area contributed by atoms with Crippen molar-refractivity contribution in [1.29, 1.82) is 0 Å². The molecule has 1 fully saturated rings. The van der Waals surface area contributed by atoms with Crippen molar-refractivity contribution in [3.8, 4) is 11.5 Å². The van der Waals surface area contributed by atoms with Gasteiger partial charge in [0.1, 0.15) is 13.2 Å². The molecule has 1 atom stereocenters. The van der Waals surface area contributed by atoms with Gasteiger partial charge in [-0.25, -0.2) is 4.90 Å². The van der Waals surface area contributed by atoms with E-state index in [1.165, 1.54) is 4.90 Å². The topological polar surface area (TPSA) is 83.7 Å². The van der Waals surface area contributed by atoms with Gasteiger partial charge in [-0.2, -0.15) is 0 Å². The van der Waals surface area contributed by atoms with E-state index in [9.17, 15) is 9.59 Å².